The molecule has 2 aliphatic heterocycles. The average molecular weight is 356 g/mol. The SMILES string of the molecule is Cc1nccn1CC(=O)N1CCn2c(C)nc(C3CCN(C)CC3)c2C1. The van der Waals surface area contributed by atoms with Gasteiger partial charge in [-0.3, -0.25) is 4.79 Å². The molecular formula is C19H28N6O. The smallest absolute Gasteiger partial charge is 0.242 e. The first-order valence-electron chi connectivity index (χ1n) is 9.53. The average Bonchev–Trinajstić information content (AvgIpc) is 3.19. The molecule has 2 aromatic rings. The van der Waals surface area contributed by atoms with Crippen molar-refractivity contribution in [1.29, 1.82) is 0 Å². The van der Waals surface area contributed by atoms with Crippen LogP contribution in [0.4, 0.5) is 0 Å². The van der Waals surface area contributed by atoms with Crippen LogP contribution in [0.15, 0.2) is 12.4 Å². The summed E-state index contributed by atoms with van der Waals surface area (Å²) in [6, 6.07) is 0. The molecule has 4 heterocycles. The van der Waals surface area contributed by atoms with Crippen molar-refractivity contribution < 1.29 is 4.79 Å². The topological polar surface area (TPSA) is 59.2 Å². The van der Waals surface area contributed by atoms with E-state index in [2.05, 4.69) is 28.4 Å². The van der Waals surface area contributed by atoms with Crippen molar-refractivity contribution in [2.75, 3.05) is 26.7 Å². The van der Waals surface area contributed by atoms with Gasteiger partial charge < -0.3 is 18.9 Å². The van der Waals surface area contributed by atoms with Crippen LogP contribution in [0.5, 0.6) is 0 Å². The van der Waals surface area contributed by atoms with E-state index in [0.29, 0.717) is 19.0 Å². The minimum Gasteiger partial charge on any atom is -0.333 e. The van der Waals surface area contributed by atoms with Gasteiger partial charge in [-0.05, 0) is 46.8 Å². The lowest BCUT2D eigenvalue weighted by atomic mass is 9.92. The van der Waals surface area contributed by atoms with Crippen molar-refractivity contribution in [2.24, 2.45) is 0 Å². The number of likely N-dealkylation sites (tertiary alicyclic amines) is 1. The van der Waals surface area contributed by atoms with Crippen LogP contribution in [0.1, 0.15) is 41.8 Å². The quantitative estimate of drug-likeness (QED) is 0.837. The summed E-state index contributed by atoms with van der Waals surface area (Å²) in [5.41, 5.74) is 2.48. The maximum absolute atomic E-state index is 12.8. The fourth-order valence-electron chi connectivity index (χ4n) is 4.21. The molecule has 7 heteroatoms. The van der Waals surface area contributed by atoms with Crippen LogP contribution in [-0.4, -0.2) is 61.5 Å². The second-order valence-electron chi connectivity index (χ2n) is 7.64. The molecule has 1 amide bonds. The van der Waals surface area contributed by atoms with Crippen molar-refractivity contribution >= 4 is 5.91 Å². The highest BCUT2D eigenvalue weighted by molar-refractivity contribution is 5.76. The lowest BCUT2D eigenvalue weighted by molar-refractivity contribution is -0.133. The van der Waals surface area contributed by atoms with Crippen LogP contribution in [-0.2, 0) is 24.4 Å². The number of nitrogens with zero attached hydrogens (tertiary/aromatic N) is 6. The Bertz CT molecular complexity index is 799. The number of carbonyl (C=O) groups is 1. The first-order chi connectivity index (χ1) is 12.5. The Morgan fingerprint density at radius 1 is 1.15 bits per heavy atom. The van der Waals surface area contributed by atoms with Crippen LogP contribution >= 0.6 is 0 Å². The number of hydrogen-bond acceptors (Lipinski definition) is 4. The summed E-state index contributed by atoms with van der Waals surface area (Å²) in [4.78, 5) is 26.3. The number of amides is 1. The van der Waals surface area contributed by atoms with Crippen molar-refractivity contribution in [3.05, 3.63) is 35.4 Å². The molecule has 0 aliphatic carbocycles. The van der Waals surface area contributed by atoms with Gasteiger partial charge in [-0.15, -0.1) is 0 Å². The Morgan fingerprint density at radius 2 is 1.92 bits per heavy atom. The van der Waals surface area contributed by atoms with E-state index in [9.17, 15) is 4.79 Å². The van der Waals surface area contributed by atoms with E-state index in [1.807, 2.05) is 22.6 Å². The number of hydrogen-bond donors (Lipinski definition) is 0. The number of carbonyl (C=O) groups excluding carboxylic acids is 1. The largest absolute Gasteiger partial charge is 0.333 e. The molecule has 0 radical (unpaired) electrons. The van der Waals surface area contributed by atoms with Gasteiger partial charge in [0.05, 0.1) is 17.9 Å². The number of aryl methyl sites for hydroxylation is 2. The minimum atomic E-state index is 0.158. The molecule has 2 aromatic heterocycles. The normalized spacial score (nSPS) is 19.0. The molecule has 0 spiro atoms. The van der Waals surface area contributed by atoms with Crippen molar-refractivity contribution in [3.8, 4) is 0 Å². The summed E-state index contributed by atoms with van der Waals surface area (Å²) in [5, 5.41) is 0. The molecule has 1 fully saturated rings. The number of fused-ring (bicyclic) bond motifs is 1. The van der Waals surface area contributed by atoms with E-state index in [-0.39, 0.29) is 5.91 Å². The van der Waals surface area contributed by atoms with Gasteiger partial charge in [-0.2, -0.15) is 0 Å². The molecule has 1 saturated heterocycles. The van der Waals surface area contributed by atoms with Gasteiger partial charge in [0.1, 0.15) is 18.2 Å². The number of piperidine rings is 1. The van der Waals surface area contributed by atoms with Crippen molar-refractivity contribution in [3.63, 3.8) is 0 Å². The third-order valence-corrected chi connectivity index (χ3v) is 5.92. The Labute approximate surface area is 154 Å². The lowest BCUT2D eigenvalue weighted by Crippen LogP contribution is -2.40. The summed E-state index contributed by atoms with van der Waals surface area (Å²) < 4.78 is 4.23. The summed E-state index contributed by atoms with van der Waals surface area (Å²) in [7, 11) is 2.18. The zero-order chi connectivity index (χ0) is 18.3. The molecule has 26 heavy (non-hydrogen) atoms. The fourth-order valence-corrected chi connectivity index (χ4v) is 4.21. The van der Waals surface area contributed by atoms with E-state index < -0.39 is 0 Å². The molecule has 2 aliphatic rings. The summed E-state index contributed by atoms with van der Waals surface area (Å²) in [5.74, 6) is 2.65. The van der Waals surface area contributed by atoms with Gasteiger partial charge in [-0.25, -0.2) is 9.97 Å². The standard InChI is InChI=1S/C19H28N6O/c1-14-20-6-9-23(14)13-18(26)24-10-11-25-15(2)21-19(17(25)12-24)16-4-7-22(3)8-5-16/h6,9,16H,4-5,7-8,10-13H2,1-3H3. The van der Waals surface area contributed by atoms with Crippen LogP contribution in [0.2, 0.25) is 0 Å². The van der Waals surface area contributed by atoms with E-state index >= 15 is 0 Å². The Balaban J connectivity index is 1.52. The predicted octanol–water partition coefficient (Wildman–Crippen LogP) is 1.55. The van der Waals surface area contributed by atoms with Gasteiger partial charge in [0.15, 0.2) is 0 Å². The van der Waals surface area contributed by atoms with Gasteiger partial charge >= 0.3 is 0 Å². The van der Waals surface area contributed by atoms with Crippen molar-refractivity contribution in [2.45, 2.75) is 52.2 Å². The highest BCUT2D eigenvalue weighted by Crippen LogP contribution is 2.32. The lowest BCUT2D eigenvalue weighted by Gasteiger charge is -2.32. The minimum absolute atomic E-state index is 0.158. The van der Waals surface area contributed by atoms with E-state index in [0.717, 1.165) is 50.7 Å². The summed E-state index contributed by atoms with van der Waals surface area (Å²) in [6.07, 6.45) is 5.93. The zero-order valence-corrected chi connectivity index (χ0v) is 16.0. The summed E-state index contributed by atoms with van der Waals surface area (Å²) >= 11 is 0. The number of imidazole rings is 2. The van der Waals surface area contributed by atoms with Gasteiger partial charge in [0, 0.05) is 31.4 Å². The molecule has 0 bridgehead atoms. The van der Waals surface area contributed by atoms with Crippen molar-refractivity contribution in [1.82, 2.24) is 28.9 Å². The Hall–Kier alpha value is -2.15. The third kappa shape index (κ3) is 3.16. The highest BCUT2D eigenvalue weighted by atomic mass is 16.2. The molecule has 0 aromatic carbocycles. The second-order valence-corrected chi connectivity index (χ2v) is 7.64. The monoisotopic (exact) mass is 356 g/mol. The Morgan fingerprint density at radius 3 is 2.62 bits per heavy atom. The summed E-state index contributed by atoms with van der Waals surface area (Å²) in [6.45, 7) is 8.90. The molecule has 0 saturated carbocycles. The molecule has 0 unspecified atom stereocenters. The third-order valence-electron chi connectivity index (χ3n) is 5.92. The number of aromatic nitrogens is 4. The number of rotatable bonds is 3. The Kier molecular flexibility index (Phi) is 4.56. The van der Waals surface area contributed by atoms with Gasteiger partial charge in [0.2, 0.25) is 5.91 Å². The molecular weight excluding hydrogens is 328 g/mol. The van der Waals surface area contributed by atoms with E-state index in [1.54, 1.807) is 6.20 Å². The second kappa shape index (κ2) is 6.87. The maximum Gasteiger partial charge on any atom is 0.242 e. The molecule has 4 rings (SSSR count). The maximum atomic E-state index is 12.8. The first kappa shape index (κ1) is 17.3. The molecule has 0 atom stereocenters. The van der Waals surface area contributed by atoms with Gasteiger partial charge in [0.25, 0.3) is 0 Å². The van der Waals surface area contributed by atoms with Crippen LogP contribution in [0, 0.1) is 13.8 Å². The molecule has 0 N–H and O–H groups in total. The first-order valence-corrected chi connectivity index (χ1v) is 9.53. The van der Waals surface area contributed by atoms with E-state index in [1.165, 1.54) is 11.4 Å². The predicted molar refractivity (Wildman–Crippen MR) is 98.8 cm³/mol. The fraction of sp³-hybridized carbons (Fsp3) is 0.632. The van der Waals surface area contributed by atoms with Gasteiger partial charge in [-0.1, -0.05) is 0 Å². The van der Waals surface area contributed by atoms with Crippen LogP contribution < -0.4 is 0 Å². The highest BCUT2D eigenvalue weighted by Gasteiger charge is 2.30. The molecule has 140 valence electrons. The molecule has 7 nitrogen and oxygen atoms in total. The van der Waals surface area contributed by atoms with Crippen LogP contribution in [0.25, 0.3) is 0 Å². The van der Waals surface area contributed by atoms with Crippen LogP contribution in [0.3, 0.4) is 0 Å². The zero-order valence-electron chi connectivity index (χ0n) is 16.0. The van der Waals surface area contributed by atoms with E-state index in [4.69, 9.17) is 4.98 Å².